The third-order valence-electron chi connectivity index (χ3n) is 3.85. The van der Waals surface area contributed by atoms with E-state index in [0.717, 1.165) is 0 Å². The van der Waals surface area contributed by atoms with Crippen molar-refractivity contribution >= 4 is 17.4 Å². The third-order valence-corrected chi connectivity index (χ3v) is 3.85. The minimum Gasteiger partial charge on any atom is -0.378 e. The molecule has 0 saturated carbocycles. The summed E-state index contributed by atoms with van der Waals surface area (Å²) in [6.07, 6.45) is 0. The number of halogens is 1. The second-order valence-electron chi connectivity index (χ2n) is 5.56. The number of amides is 2. The van der Waals surface area contributed by atoms with Crippen molar-refractivity contribution in [2.75, 3.05) is 36.5 Å². The number of urea groups is 1. The summed E-state index contributed by atoms with van der Waals surface area (Å²) in [6, 6.07) is 13.9. The zero-order valence-corrected chi connectivity index (χ0v) is 13.3. The van der Waals surface area contributed by atoms with Gasteiger partial charge in [-0.25, -0.2) is 9.18 Å². The second kappa shape index (κ2) is 7.79. The van der Waals surface area contributed by atoms with Gasteiger partial charge < -0.3 is 20.3 Å². The van der Waals surface area contributed by atoms with Gasteiger partial charge in [0.2, 0.25) is 0 Å². The van der Waals surface area contributed by atoms with E-state index in [1.54, 1.807) is 18.2 Å². The summed E-state index contributed by atoms with van der Waals surface area (Å²) in [5.41, 5.74) is 2.01. The van der Waals surface area contributed by atoms with Gasteiger partial charge in [0.15, 0.2) is 0 Å². The lowest BCUT2D eigenvalue weighted by Crippen LogP contribution is -2.36. The van der Waals surface area contributed by atoms with Crippen LogP contribution < -0.4 is 15.5 Å². The Bertz CT molecular complexity index is 688. The average molecular weight is 329 g/mol. The Morgan fingerprint density at radius 3 is 2.58 bits per heavy atom. The first-order valence-corrected chi connectivity index (χ1v) is 7.93. The molecule has 0 unspecified atom stereocenters. The van der Waals surface area contributed by atoms with Crippen LogP contribution in [0.1, 0.15) is 5.56 Å². The molecular weight excluding hydrogens is 309 g/mol. The maximum absolute atomic E-state index is 14.3. The number of nitrogens with zero attached hydrogens (tertiary/aromatic N) is 1. The molecule has 0 spiro atoms. The molecule has 2 aromatic carbocycles. The van der Waals surface area contributed by atoms with Crippen LogP contribution in [0.25, 0.3) is 0 Å². The summed E-state index contributed by atoms with van der Waals surface area (Å²) >= 11 is 0. The first-order chi connectivity index (χ1) is 11.7. The van der Waals surface area contributed by atoms with Gasteiger partial charge in [0.05, 0.1) is 18.9 Å². The number of rotatable bonds is 4. The van der Waals surface area contributed by atoms with E-state index in [1.165, 1.54) is 6.07 Å². The predicted octanol–water partition coefficient (Wildman–Crippen LogP) is 2.98. The molecular formula is C18H20FN3O2. The smallest absolute Gasteiger partial charge is 0.319 e. The van der Waals surface area contributed by atoms with Gasteiger partial charge >= 0.3 is 6.03 Å². The van der Waals surface area contributed by atoms with Crippen LogP contribution in [-0.4, -0.2) is 32.3 Å². The van der Waals surface area contributed by atoms with Crippen LogP contribution in [0.3, 0.4) is 0 Å². The molecule has 2 amide bonds. The Labute approximate surface area is 140 Å². The van der Waals surface area contributed by atoms with Crippen LogP contribution in [0.4, 0.5) is 20.6 Å². The maximum atomic E-state index is 14.3. The summed E-state index contributed by atoms with van der Waals surface area (Å²) in [4.78, 5) is 13.8. The molecule has 0 aromatic heterocycles. The molecule has 1 aliphatic heterocycles. The molecule has 24 heavy (non-hydrogen) atoms. The molecule has 1 fully saturated rings. The number of anilines is 2. The molecule has 3 rings (SSSR count). The summed E-state index contributed by atoms with van der Waals surface area (Å²) in [5.74, 6) is -0.278. The van der Waals surface area contributed by atoms with E-state index in [1.807, 2.05) is 29.2 Å². The average Bonchev–Trinajstić information content (AvgIpc) is 2.62. The topological polar surface area (TPSA) is 53.6 Å². The summed E-state index contributed by atoms with van der Waals surface area (Å²) in [5, 5.41) is 5.45. The van der Waals surface area contributed by atoms with Gasteiger partial charge in [0.1, 0.15) is 5.82 Å². The quantitative estimate of drug-likeness (QED) is 0.907. The minimum absolute atomic E-state index is 0.263. The number of carbonyl (C=O) groups excluding carboxylic acids is 1. The highest BCUT2D eigenvalue weighted by Gasteiger charge is 2.15. The van der Waals surface area contributed by atoms with Crippen LogP contribution in [-0.2, 0) is 11.3 Å². The molecule has 0 radical (unpaired) electrons. The molecule has 6 heteroatoms. The van der Waals surface area contributed by atoms with E-state index in [4.69, 9.17) is 4.74 Å². The molecule has 0 aliphatic carbocycles. The van der Waals surface area contributed by atoms with Gasteiger partial charge in [-0.1, -0.05) is 24.3 Å². The van der Waals surface area contributed by atoms with Crippen molar-refractivity contribution in [1.82, 2.24) is 5.32 Å². The normalized spacial score (nSPS) is 14.3. The van der Waals surface area contributed by atoms with Crippen LogP contribution in [0.5, 0.6) is 0 Å². The Balaban J connectivity index is 1.55. The minimum atomic E-state index is -0.320. The summed E-state index contributed by atoms with van der Waals surface area (Å²) < 4.78 is 19.6. The fraction of sp³-hybridized carbons (Fsp3) is 0.278. The monoisotopic (exact) mass is 329 g/mol. The van der Waals surface area contributed by atoms with Gasteiger partial charge in [-0.15, -0.1) is 0 Å². The van der Waals surface area contributed by atoms with Gasteiger partial charge in [0.25, 0.3) is 0 Å². The fourth-order valence-electron chi connectivity index (χ4n) is 2.60. The molecule has 1 aliphatic rings. The Morgan fingerprint density at radius 1 is 1.12 bits per heavy atom. The van der Waals surface area contributed by atoms with Crippen molar-refractivity contribution in [3.8, 4) is 0 Å². The highest BCUT2D eigenvalue weighted by Crippen LogP contribution is 2.21. The molecule has 0 bridgehead atoms. The highest BCUT2D eigenvalue weighted by molar-refractivity contribution is 5.89. The molecule has 0 atom stereocenters. The van der Waals surface area contributed by atoms with Crippen molar-refractivity contribution in [2.45, 2.75) is 6.54 Å². The molecule has 1 heterocycles. The van der Waals surface area contributed by atoms with Crippen LogP contribution >= 0.6 is 0 Å². The van der Waals surface area contributed by atoms with E-state index >= 15 is 0 Å². The second-order valence-corrected chi connectivity index (χ2v) is 5.56. The van der Waals surface area contributed by atoms with Crippen LogP contribution in [0.2, 0.25) is 0 Å². The number of para-hydroxylation sites is 1. The molecule has 5 nitrogen and oxygen atoms in total. The third kappa shape index (κ3) is 4.23. The highest BCUT2D eigenvalue weighted by atomic mass is 19.1. The number of hydrogen-bond acceptors (Lipinski definition) is 3. The standard InChI is InChI=1S/C18H20FN3O2/c19-16-12-14(6-7-17(16)22-8-10-24-11-9-22)13-20-18(23)21-15-4-2-1-3-5-15/h1-7,12H,8-11,13H2,(H2,20,21,23). The first-order valence-electron chi connectivity index (χ1n) is 7.93. The lowest BCUT2D eigenvalue weighted by atomic mass is 10.1. The van der Waals surface area contributed by atoms with Gasteiger partial charge in [0, 0.05) is 25.3 Å². The SMILES string of the molecule is O=C(NCc1ccc(N2CCOCC2)c(F)c1)Nc1ccccc1. The van der Waals surface area contributed by atoms with Gasteiger partial charge in [-0.05, 0) is 29.8 Å². The Kier molecular flexibility index (Phi) is 5.28. The number of nitrogens with one attached hydrogen (secondary N) is 2. The number of morpholine rings is 1. The first kappa shape index (κ1) is 16.3. The molecule has 1 saturated heterocycles. The van der Waals surface area contributed by atoms with Crippen molar-refractivity contribution in [2.24, 2.45) is 0 Å². The van der Waals surface area contributed by atoms with E-state index in [-0.39, 0.29) is 18.4 Å². The van der Waals surface area contributed by atoms with Crippen molar-refractivity contribution in [3.63, 3.8) is 0 Å². The zero-order chi connectivity index (χ0) is 16.8. The zero-order valence-electron chi connectivity index (χ0n) is 13.3. The summed E-state index contributed by atoms with van der Waals surface area (Å²) in [7, 11) is 0. The van der Waals surface area contributed by atoms with Crippen LogP contribution in [0, 0.1) is 5.82 Å². The van der Waals surface area contributed by atoms with Crippen molar-refractivity contribution in [1.29, 1.82) is 0 Å². The van der Waals surface area contributed by atoms with E-state index in [9.17, 15) is 9.18 Å². The number of carbonyl (C=O) groups is 1. The van der Waals surface area contributed by atoms with Crippen molar-refractivity contribution < 1.29 is 13.9 Å². The van der Waals surface area contributed by atoms with E-state index in [0.29, 0.717) is 43.2 Å². The fourth-order valence-corrected chi connectivity index (χ4v) is 2.60. The number of ether oxygens (including phenoxy) is 1. The largest absolute Gasteiger partial charge is 0.378 e. The van der Waals surface area contributed by atoms with Gasteiger partial charge in [-0.3, -0.25) is 0 Å². The molecule has 2 aromatic rings. The summed E-state index contributed by atoms with van der Waals surface area (Å²) in [6.45, 7) is 2.87. The molecule has 126 valence electrons. The van der Waals surface area contributed by atoms with Crippen molar-refractivity contribution in [3.05, 3.63) is 59.9 Å². The Hall–Kier alpha value is -2.60. The van der Waals surface area contributed by atoms with Gasteiger partial charge in [-0.2, -0.15) is 0 Å². The number of benzene rings is 2. The lowest BCUT2D eigenvalue weighted by Gasteiger charge is -2.29. The maximum Gasteiger partial charge on any atom is 0.319 e. The van der Waals surface area contributed by atoms with Crippen LogP contribution in [0.15, 0.2) is 48.5 Å². The van der Waals surface area contributed by atoms with E-state index < -0.39 is 0 Å². The predicted molar refractivity (Wildman–Crippen MR) is 91.7 cm³/mol. The van der Waals surface area contributed by atoms with E-state index in [2.05, 4.69) is 10.6 Å². The molecule has 2 N–H and O–H groups in total. The number of hydrogen-bond donors (Lipinski definition) is 2. The lowest BCUT2D eigenvalue weighted by molar-refractivity contribution is 0.122. The Morgan fingerprint density at radius 2 is 1.88 bits per heavy atom.